The number of methoxy groups -OCH3 is 2. The van der Waals surface area contributed by atoms with Crippen molar-refractivity contribution in [1.82, 2.24) is 4.90 Å². The highest BCUT2D eigenvalue weighted by atomic mass is 16.5. The maximum absolute atomic E-state index is 10.8. The molecular formula is C19H27NO5. The van der Waals surface area contributed by atoms with Crippen molar-refractivity contribution in [3.05, 3.63) is 29.3 Å². The molecule has 0 amide bonds. The van der Waals surface area contributed by atoms with Gasteiger partial charge in [-0.15, -0.1) is 0 Å². The fourth-order valence-corrected chi connectivity index (χ4v) is 3.27. The third kappa shape index (κ3) is 5.47. The number of likely N-dealkylation sites (tertiary alicyclic amines) is 1. The highest BCUT2D eigenvalue weighted by Gasteiger charge is 2.20. The molecule has 1 atom stereocenters. The molecule has 1 fully saturated rings. The standard InChI is InChI=1S/C19H27NO5/c1-24-17-8-6-14(7-9-18(22)23)16(19(17)25-2)12-15(21)13-20-10-4-3-5-11-20/h6-9,15,21H,3-5,10-13H2,1-2H3,(H,22,23). The van der Waals surface area contributed by atoms with E-state index in [0.717, 1.165) is 24.7 Å². The van der Waals surface area contributed by atoms with Crippen LogP contribution in [0.4, 0.5) is 0 Å². The maximum Gasteiger partial charge on any atom is 0.328 e. The SMILES string of the molecule is COc1ccc(C=CC(=O)O)c(CC(O)CN2CCCCC2)c1OC. The lowest BCUT2D eigenvalue weighted by atomic mass is 9.98. The van der Waals surface area contributed by atoms with Gasteiger partial charge in [0.1, 0.15) is 0 Å². The van der Waals surface area contributed by atoms with Crippen LogP contribution < -0.4 is 9.47 Å². The summed E-state index contributed by atoms with van der Waals surface area (Å²) in [5, 5.41) is 19.5. The average molecular weight is 349 g/mol. The van der Waals surface area contributed by atoms with Crippen LogP contribution >= 0.6 is 0 Å². The highest BCUT2D eigenvalue weighted by molar-refractivity contribution is 5.86. The summed E-state index contributed by atoms with van der Waals surface area (Å²) in [6.45, 7) is 2.62. The Morgan fingerprint density at radius 3 is 2.56 bits per heavy atom. The zero-order valence-electron chi connectivity index (χ0n) is 14.9. The number of ether oxygens (including phenoxy) is 2. The Morgan fingerprint density at radius 2 is 1.96 bits per heavy atom. The quantitative estimate of drug-likeness (QED) is 0.701. The van der Waals surface area contributed by atoms with Crippen molar-refractivity contribution >= 4 is 12.0 Å². The lowest BCUT2D eigenvalue weighted by Crippen LogP contribution is -2.37. The lowest BCUT2D eigenvalue weighted by Gasteiger charge is -2.29. The number of hydrogen-bond donors (Lipinski definition) is 2. The second-order valence-electron chi connectivity index (χ2n) is 6.26. The van der Waals surface area contributed by atoms with E-state index in [1.165, 1.54) is 25.3 Å². The first-order valence-corrected chi connectivity index (χ1v) is 8.60. The molecule has 1 aliphatic heterocycles. The number of rotatable bonds is 8. The van der Waals surface area contributed by atoms with Crippen LogP contribution in [0.1, 0.15) is 30.4 Å². The van der Waals surface area contributed by atoms with Crippen molar-refractivity contribution in [3.8, 4) is 11.5 Å². The molecule has 0 bridgehead atoms. The van der Waals surface area contributed by atoms with Gasteiger partial charge < -0.3 is 24.6 Å². The number of aliphatic hydroxyl groups is 1. The fourth-order valence-electron chi connectivity index (χ4n) is 3.27. The van der Waals surface area contributed by atoms with E-state index in [9.17, 15) is 9.90 Å². The van der Waals surface area contributed by atoms with E-state index in [1.54, 1.807) is 26.4 Å². The lowest BCUT2D eigenvalue weighted by molar-refractivity contribution is -0.131. The second kappa shape index (κ2) is 9.44. The zero-order valence-corrected chi connectivity index (χ0v) is 14.9. The molecule has 0 aromatic heterocycles. The Balaban J connectivity index is 2.23. The first-order chi connectivity index (χ1) is 12.0. The Morgan fingerprint density at radius 1 is 1.24 bits per heavy atom. The smallest absolute Gasteiger partial charge is 0.328 e. The van der Waals surface area contributed by atoms with Crippen LogP contribution in [0, 0.1) is 0 Å². The van der Waals surface area contributed by atoms with E-state index >= 15 is 0 Å². The molecule has 6 heteroatoms. The minimum Gasteiger partial charge on any atom is -0.493 e. The largest absolute Gasteiger partial charge is 0.493 e. The Hall–Kier alpha value is -2.05. The zero-order chi connectivity index (χ0) is 18.2. The normalized spacial score (nSPS) is 16.8. The van der Waals surface area contributed by atoms with E-state index in [0.29, 0.717) is 30.0 Å². The van der Waals surface area contributed by atoms with E-state index in [-0.39, 0.29) is 0 Å². The summed E-state index contributed by atoms with van der Waals surface area (Å²) in [7, 11) is 3.10. The predicted octanol–water partition coefficient (Wildman–Crippen LogP) is 2.19. The van der Waals surface area contributed by atoms with Gasteiger partial charge in [0, 0.05) is 24.6 Å². The molecule has 1 aromatic rings. The molecule has 1 aliphatic rings. The number of benzene rings is 1. The molecule has 138 valence electrons. The van der Waals surface area contributed by atoms with Crippen LogP contribution in [0.2, 0.25) is 0 Å². The molecule has 1 saturated heterocycles. The molecule has 0 radical (unpaired) electrons. The van der Waals surface area contributed by atoms with Crippen molar-refractivity contribution in [3.63, 3.8) is 0 Å². The van der Waals surface area contributed by atoms with E-state index in [2.05, 4.69) is 4.90 Å². The second-order valence-corrected chi connectivity index (χ2v) is 6.26. The molecule has 25 heavy (non-hydrogen) atoms. The van der Waals surface area contributed by atoms with Gasteiger partial charge in [0.05, 0.1) is 20.3 Å². The maximum atomic E-state index is 10.8. The summed E-state index contributed by atoms with van der Waals surface area (Å²) < 4.78 is 10.8. The highest BCUT2D eigenvalue weighted by Crippen LogP contribution is 2.35. The van der Waals surface area contributed by atoms with Gasteiger partial charge in [-0.2, -0.15) is 0 Å². The van der Waals surface area contributed by atoms with Gasteiger partial charge in [0.2, 0.25) is 0 Å². The van der Waals surface area contributed by atoms with Gasteiger partial charge in [-0.25, -0.2) is 4.79 Å². The van der Waals surface area contributed by atoms with Crippen molar-refractivity contribution in [2.24, 2.45) is 0 Å². The predicted molar refractivity (Wildman–Crippen MR) is 96.2 cm³/mol. The number of β-amino-alcohol motifs (C(OH)–C–C–N with tert-alkyl or cyclic N) is 1. The molecule has 2 rings (SSSR count). The van der Waals surface area contributed by atoms with Crippen LogP contribution in [0.25, 0.3) is 6.08 Å². The number of nitrogens with zero attached hydrogens (tertiary/aromatic N) is 1. The van der Waals surface area contributed by atoms with Gasteiger partial charge in [-0.1, -0.05) is 12.5 Å². The number of carboxylic acids is 1. The Kier molecular flexibility index (Phi) is 7.28. The van der Waals surface area contributed by atoms with Crippen molar-refractivity contribution in [1.29, 1.82) is 0 Å². The van der Waals surface area contributed by atoms with Crippen molar-refractivity contribution in [2.45, 2.75) is 31.8 Å². The summed E-state index contributed by atoms with van der Waals surface area (Å²) in [5.74, 6) is 0.0810. The molecule has 1 aromatic carbocycles. The molecule has 1 unspecified atom stereocenters. The van der Waals surface area contributed by atoms with Crippen LogP contribution in [0.15, 0.2) is 18.2 Å². The third-order valence-corrected chi connectivity index (χ3v) is 4.45. The number of aliphatic carboxylic acids is 1. The first kappa shape index (κ1) is 19.3. The molecule has 0 spiro atoms. The van der Waals surface area contributed by atoms with Crippen LogP contribution in [-0.4, -0.2) is 61.0 Å². The molecule has 6 nitrogen and oxygen atoms in total. The summed E-state index contributed by atoms with van der Waals surface area (Å²) in [6, 6.07) is 3.52. The molecule has 0 saturated carbocycles. The number of piperidine rings is 1. The number of carbonyl (C=O) groups is 1. The van der Waals surface area contributed by atoms with Crippen molar-refractivity contribution < 1.29 is 24.5 Å². The average Bonchev–Trinajstić information content (AvgIpc) is 2.60. The molecular weight excluding hydrogens is 322 g/mol. The minimum absolute atomic E-state index is 0.371. The molecule has 0 aliphatic carbocycles. The Labute approximate surface area is 148 Å². The van der Waals surface area contributed by atoms with E-state index in [1.807, 2.05) is 0 Å². The van der Waals surface area contributed by atoms with Gasteiger partial charge in [0.15, 0.2) is 11.5 Å². The van der Waals surface area contributed by atoms with Crippen molar-refractivity contribution in [2.75, 3.05) is 33.9 Å². The van der Waals surface area contributed by atoms with E-state index < -0.39 is 12.1 Å². The molecule has 2 N–H and O–H groups in total. The minimum atomic E-state index is -1.02. The molecule has 1 heterocycles. The summed E-state index contributed by atoms with van der Waals surface area (Å²) in [6.07, 6.45) is 6.01. The number of carboxylic acid groups (broad SMARTS) is 1. The van der Waals surface area contributed by atoms with Crippen LogP contribution in [0.5, 0.6) is 11.5 Å². The fraction of sp³-hybridized carbons (Fsp3) is 0.526. The van der Waals surface area contributed by atoms with Crippen LogP contribution in [0.3, 0.4) is 0 Å². The summed E-state index contributed by atoms with van der Waals surface area (Å²) >= 11 is 0. The number of aliphatic hydroxyl groups excluding tert-OH is 1. The van der Waals surface area contributed by atoms with Gasteiger partial charge in [0.25, 0.3) is 0 Å². The van der Waals surface area contributed by atoms with Gasteiger partial charge in [-0.3, -0.25) is 0 Å². The van der Waals surface area contributed by atoms with Gasteiger partial charge >= 0.3 is 5.97 Å². The topological polar surface area (TPSA) is 79.2 Å². The van der Waals surface area contributed by atoms with Crippen LogP contribution in [-0.2, 0) is 11.2 Å². The summed E-state index contributed by atoms with van der Waals surface area (Å²) in [4.78, 5) is 13.1. The third-order valence-electron chi connectivity index (χ3n) is 4.45. The van der Waals surface area contributed by atoms with Gasteiger partial charge in [-0.05, 0) is 43.6 Å². The Bertz CT molecular complexity index is 608. The first-order valence-electron chi connectivity index (χ1n) is 8.60. The van der Waals surface area contributed by atoms with E-state index in [4.69, 9.17) is 14.6 Å². The monoisotopic (exact) mass is 349 g/mol. The number of hydrogen-bond acceptors (Lipinski definition) is 5. The summed E-state index contributed by atoms with van der Waals surface area (Å²) in [5.41, 5.74) is 1.46.